The van der Waals surface area contributed by atoms with E-state index in [2.05, 4.69) is 10.3 Å². The first kappa shape index (κ1) is 15.2. The van der Waals surface area contributed by atoms with Crippen LogP contribution in [0.25, 0.3) is 0 Å². The van der Waals surface area contributed by atoms with Crippen LogP contribution in [0.2, 0.25) is 0 Å². The van der Waals surface area contributed by atoms with Gasteiger partial charge in [-0.05, 0) is 24.1 Å². The van der Waals surface area contributed by atoms with Crippen LogP contribution in [0.1, 0.15) is 23.2 Å². The number of carbonyl (C=O) groups is 2. The fraction of sp³-hybridized carbons (Fsp3) is 0.267. The number of aryl methyl sites for hydroxylation is 1. The minimum Gasteiger partial charge on any atom is -0.481 e. The van der Waals surface area contributed by atoms with Crippen molar-refractivity contribution in [3.05, 3.63) is 45.9 Å². The lowest BCUT2D eigenvalue weighted by Crippen LogP contribution is -2.14. The highest BCUT2D eigenvalue weighted by Gasteiger charge is 2.08. The third-order valence-electron chi connectivity index (χ3n) is 2.84. The molecular weight excluding hydrogens is 288 g/mol. The normalized spacial score (nSPS) is 10.3. The van der Waals surface area contributed by atoms with Crippen LogP contribution in [0.3, 0.4) is 0 Å². The second-order valence-electron chi connectivity index (χ2n) is 4.58. The van der Waals surface area contributed by atoms with Crippen molar-refractivity contribution in [1.29, 1.82) is 0 Å². The maximum atomic E-state index is 11.9. The predicted molar refractivity (Wildman–Crippen MR) is 81.6 cm³/mol. The first-order chi connectivity index (χ1) is 10.1. The van der Waals surface area contributed by atoms with E-state index in [9.17, 15) is 9.59 Å². The fourth-order valence-corrected chi connectivity index (χ4v) is 2.59. The molecule has 0 spiro atoms. The van der Waals surface area contributed by atoms with Crippen molar-refractivity contribution in [3.8, 4) is 0 Å². The second-order valence-corrected chi connectivity index (χ2v) is 5.52. The summed E-state index contributed by atoms with van der Waals surface area (Å²) in [5.41, 5.74) is 2.13. The van der Waals surface area contributed by atoms with Crippen molar-refractivity contribution in [2.75, 3.05) is 5.32 Å². The zero-order valence-corrected chi connectivity index (χ0v) is 12.4. The smallest absolute Gasteiger partial charge is 0.307 e. The van der Waals surface area contributed by atoms with Gasteiger partial charge in [-0.3, -0.25) is 9.59 Å². The van der Waals surface area contributed by atoms with Gasteiger partial charge in [0.25, 0.3) is 0 Å². The van der Waals surface area contributed by atoms with E-state index >= 15 is 0 Å². The van der Waals surface area contributed by atoms with Gasteiger partial charge in [0.2, 0.25) is 5.91 Å². The summed E-state index contributed by atoms with van der Waals surface area (Å²) in [6.07, 6.45) is 1.09. The summed E-state index contributed by atoms with van der Waals surface area (Å²) < 4.78 is 0. The highest BCUT2D eigenvalue weighted by Crippen LogP contribution is 2.13. The molecule has 1 heterocycles. The van der Waals surface area contributed by atoms with Crippen molar-refractivity contribution < 1.29 is 14.7 Å². The van der Waals surface area contributed by atoms with Gasteiger partial charge in [-0.15, -0.1) is 11.3 Å². The summed E-state index contributed by atoms with van der Waals surface area (Å²) >= 11 is 1.56. The number of carboxylic acid groups (broad SMARTS) is 1. The van der Waals surface area contributed by atoms with Gasteiger partial charge in [0.1, 0.15) is 0 Å². The van der Waals surface area contributed by atoms with E-state index < -0.39 is 5.97 Å². The zero-order chi connectivity index (χ0) is 15.2. The number of amides is 1. The lowest BCUT2D eigenvalue weighted by molar-refractivity contribution is -0.136. The molecule has 110 valence electrons. The number of nitrogens with zero attached hydrogens (tertiary/aromatic N) is 1. The maximum Gasteiger partial charge on any atom is 0.307 e. The van der Waals surface area contributed by atoms with Crippen molar-refractivity contribution in [2.45, 2.75) is 26.2 Å². The number of hydrogen-bond donors (Lipinski definition) is 2. The highest BCUT2D eigenvalue weighted by molar-refractivity contribution is 7.09. The summed E-state index contributed by atoms with van der Waals surface area (Å²) in [6, 6.07) is 6.80. The molecule has 5 nitrogen and oxygen atoms in total. The summed E-state index contributed by atoms with van der Waals surface area (Å²) in [7, 11) is 0. The minimum absolute atomic E-state index is 0.0210. The van der Waals surface area contributed by atoms with Crippen LogP contribution < -0.4 is 5.32 Å². The van der Waals surface area contributed by atoms with Gasteiger partial charge >= 0.3 is 5.97 Å². The highest BCUT2D eigenvalue weighted by atomic mass is 32.1. The van der Waals surface area contributed by atoms with E-state index in [1.807, 2.05) is 12.3 Å². The molecule has 1 aromatic heterocycles. The van der Waals surface area contributed by atoms with Gasteiger partial charge in [-0.1, -0.05) is 19.1 Å². The zero-order valence-electron chi connectivity index (χ0n) is 11.6. The Morgan fingerprint density at radius 3 is 2.52 bits per heavy atom. The second kappa shape index (κ2) is 6.99. The molecule has 0 aliphatic rings. The van der Waals surface area contributed by atoms with Gasteiger partial charge in [-0.2, -0.15) is 0 Å². The van der Waals surface area contributed by atoms with Crippen LogP contribution in [-0.4, -0.2) is 22.0 Å². The molecule has 2 N–H and O–H groups in total. The van der Waals surface area contributed by atoms with E-state index in [1.54, 1.807) is 35.6 Å². The Kier molecular flexibility index (Phi) is 5.05. The largest absolute Gasteiger partial charge is 0.481 e. The Bertz CT molecular complexity index is 635. The Balaban J connectivity index is 1.91. The van der Waals surface area contributed by atoms with Crippen molar-refractivity contribution >= 4 is 28.9 Å². The number of nitrogens with one attached hydrogen (secondary N) is 1. The summed E-state index contributed by atoms with van der Waals surface area (Å²) in [4.78, 5) is 26.8. The Labute approximate surface area is 126 Å². The van der Waals surface area contributed by atoms with Gasteiger partial charge in [0.15, 0.2) is 0 Å². The molecule has 0 fully saturated rings. The third kappa shape index (κ3) is 4.68. The van der Waals surface area contributed by atoms with Crippen molar-refractivity contribution in [3.63, 3.8) is 0 Å². The van der Waals surface area contributed by atoms with Crippen LogP contribution in [0.5, 0.6) is 0 Å². The van der Waals surface area contributed by atoms with Gasteiger partial charge < -0.3 is 10.4 Å². The first-order valence-corrected chi connectivity index (χ1v) is 7.48. The number of anilines is 1. The SMILES string of the molecule is CCc1nc(CC(=O)Nc2ccc(CC(=O)O)cc2)cs1. The average Bonchev–Trinajstić information content (AvgIpc) is 2.88. The molecule has 0 saturated carbocycles. The lowest BCUT2D eigenvalue weighted by Gasteiger charge is -2.05. The first-order valence-electron chi connectivity index (χ1n) is 6.60. The molecule has 0 aliphatic heterocycles. The van der Waals surface area contributed by atoms with E-state index in [-0.39, 0.29) is 18.7 Å². The van der Waals surface area contributed by atoms with E-state index in [4.69, 9.17) is 5.11 Å². The van der Waals surface area contributed by atoms with Gasteiger partial charge in [0, 0.05) is 11.1 Å². The number of carbonyl (C=O) groups excluding carboxylic acids is 1. The summed E-state index contributed by atoms with van der Waals surface area (Å²) in [6.45, 7) is 2.03. The van der Waals surface area contributed by atoms with Gasteiger partial charge in [-0.25, -0.2) is 4.98 Å². The molecule has 0 saturated heterocycles. The van der Waals surface area contributed by atoms with Crippen LogP contribution in [0, 0.1) is 0 Å². The molecule has 21 heavy (non-hydrogen) atoms. The lowest BCUT2D eigenvalue weighted by atomic mass is 10.1. The number of carboxylic acids is 1. The summed E-state index contributed by atoms with van der Waals surface area (Å²) in [5, 5.41) is 14.4. The molecule has 0 radical (unpaired) electrons. The standard InChI is InChI=1S/C15H16N2O3S/c1-2-14-17-12(9-21-14)8-13(18)16-11-5-3-10(4-6-11)7-15(19)20/h3-6,9H,2,7-8H2,1H3,(H,16,18)(H,19,20). The monoisotopic (exact) mass is 304 g/mol. The number of aliphatic carboxylic acids is 1. The number of thiazole rings is 1. The summed E-state index contributed by atoms with van der Waals surface area (Å²) in [5.74, 6) is -1.00. The quantitative estimate of drug-likeness (QED) is 0.859. The Morgan fingerprint density at radius 1 is 1.24 bits per heavy atom. The molecule has 1 amide bonds. The molecule has 0 bridgehead atoms. The van der Waals surface area contributed by atoms with E-state index in [0.29, 0.717) is 11.3 Å². The molecule has 0 unspecified atom stereocenters. The average molecular weight is 304 g/mol. The van der Waals surface area contributed by atoms with E-state index in [1.165, 1.54) is 0 Å². The molecule has 2 rings (SSSR count). The molecule has 0 aliphatic carbocycles. The van der Waals surface area contributed by atoms with Crippen LogP contribution in [0.15, 0.2) is 29.6 Å². The number of aromatic nitrogens is 1. The number of benzene rings is 1. The maximum absolute atomic E-state index is 11.9. The van der Waals surface area contributed by atoms with Crippen molar-refractivity contribution in [2.24, 2.45) is 0 Å². The third-order valence-corrected chi connectivity index (χ3v) is 3.88. The Hall–Kier alpha value is -2.21. The topological polar surface area (TPSA) is 79.3 Å². The number of rotatable bonds is 6. The molecule has 0 atom stereocenters. The molecule has 1 aromatic carbocycles. The fourth-order valence-electron chi connectivity index (χ4n) is 1.84. The minimum atomic E-state index is -0.873. The molecule has 2 aromatic rings. The Morgan fingerprint density at radius 2 is 1.95 bits per heavy atom. The van der Waals surface area contributed by atoms with Crippen molar-refractivity contribution in [1.82, 2.24) is 4.98 Å². The molecule has 6 heteroatoms. The van der Waals surface area contributed by atoms with Crippen LogP contribution >= 0.6 is 11.3 Å². The van der Waals surface area contributed by atoms with E-state index in [0.717, 1.165) is 17.1 Å². The number of hydrogen-bond acceptors (Lipinski definition) is 4. The van der Waals surface area contributed by atoms with Crippen LogP contribution in [-0.2, 0) is 28.9 Å². The van der Waals surface area contributed by atoms with Gasteiger partial charge in [0.05, 0.1) is 23.5 Å². The van der Waals surface area contributed by atoms with Crippen LogP contribution in [0.4, 0.5) is 5.69 Å². The predicted octanol–water partition coefficient (Wildman–Crippen LogP) is 2.51. The molecular formula is C15H16N2O3S.